The number of nitrogens with zero attached hydrogens (tertiary/aromatic N) is 3. The summed E-state index contributed by atoms with van der Waals surface area (Å²) in [7, 11) is 0. The summed E-state index contributed by atoms with van der Waals surface area (Å²) in [6, 6.07) is 9.84. The number of hydrogen-bond acceptors (Lipinski definition) is 6. The molecule has 1 fully saturated rings. The fraction of sp³-hybridized carbons (Fsp3) is 0.211. The first kappa shape index (κ1) is 16.2. The zero-order valence-corrected chi connectivity index (χ0v) is 15.1. The van der Waals surface area contributed by atoms with Crippen molar-refractivity contribution in [3.8, 4) is 17.1 Å². The van der Waals surface area contributed by atoms with Crippen LogP contribution in [-0.4, -0.2) is 24.9 Å². The van der Waals surface area contributed by atoms with Gasteiger partial charge in [-0.2, -0.15) is 0 Å². The van der Waals surface area contributed by atoms with E-state index in [0.717, 1.165) is 46.6 Å². The summed E-state index contributed by atoms with van der Waals surface area (Å²) in [5, 5.41) is 20.1. The first-order valence-electron chi connectivity index (χ1n) is 8.65. The molecule has 1 aliphatic carbocycles. The third-order valence-corrected chi connectivity index (χ3v) is 5.58. The number of thioether (sulfide) groups is 1. The highest BCUT2D eigenvalue weighted by atomic mass is 32.2. The Hall–Kier alpha value is -3.00. The molecule has 7 nitrogen and oxygen atoms in total. The molecule has 0 bridgehead atoms. The van der Waals surface area contributed by atoms with Crippen molar-refractivity contribution < 1.29 is 9.52 Å². The van der Waals surface area contributed by atoms with Gasteiger partial charge in [0.15, 0.2) is 16.7 Å². The molecule has 4 aromatic rings. The maximum atomic E-state index is 11.6. The number of aromatic amines is 1. The quantitative estimate of drug-likeness (QED) is 0.512. The van der Waals surface area contributed by atoms with Crippen LogP contribution in [0.5, 0.6) is 5.75 Å². The number of hydrogen-bond donors (Lipinski definition) is 2. The lowest BCUT2D eigenvalue weighted by molar-refractivity contribution is 0.419. The Kier molecular flexibility index (Phi) is 3.78. The number of rotatable bonds is 5. The van der Waals surface area contributed by atoms with E-state index < -0.39 is 5.43 Å². The maximum Gasteiger partial charge on any atom is 0.226 e. The number of fused-ring (bicyclic) bond motifs is 1. The molecule has 0 saturated heterocycles. The Balaban J connectivity index is 1.49. The number of H-pyrrole nitrogens is 1. The molecule has 1 aromatic carbocycles. The summed E-state index contributed by atoms with van der Waals surface area (Å²) in [6.45, 7) is 0. The van der Waals surface area contributed by atoms with E-state index in [1.54, 1.807) is 0 Å². The van der Waals surface area contributed by atoms with Gasteiger partial charge in [0.25, 0.3) is 0 Å². The monoisotopic (exact) mass is 380 g/mol. The number of benzene rings is 1. The van der Waals surface area contributed by atoms with Crippen molar-refractivity contribution in [2.24, 2.45) is 0 Å². The van der Waals surface area contributed by atoms with Crippen LogP contribution in [0.25, 0.3) is 22.3 Å². The summed E-state index contributed by atoms with van der Waals surface area (Å²) in [6.07, 6.45) is 5.26. The van der Waals surface area contributed by atoms with E-state index in [1.807, 2.05) is 24.4 Å². The predicted molar refractivity (Wildman–Crippen MR) is 102 cm³/mol. The van der Waals surface area contributed by atoms with Crippen molar-refractivity contribution >= 4 is 22.7 Å². The third-order valence-electron chi connectivity index (χ3n) is 4.62. The number of aromatic nitrogens is 4. The van der Waals surface area contributed by atoms with Gasteiger partial charge >= 0.3 is 0 Å². The van der Waals surface area contributed by atoms with Gasteiger partial charge in [0.2, 0.25) is 5.43 Å². The molecule has 5 rings (SSSR count). The highest BCUT2D eigenvalue weighted by Gasteiger charge is 2.31. The first-order valence-corrected chi connectivity index (χ1v) is 9.64. The van der Waals surface area contributed by atoms with Gasteiger partial charge in [0.1, 0.15) is 12.0 Å². The van der Waals surface area contributed by atoms with Crippen LogP contribution in [0.1, 0.15) is 24.6 Å². The standard InChI is InChI=1S/C19H16N4O3S/c24-16-7-12(26-9-17(16)25)10-27-19-22-21-18(23(19)11-5-6-11)14-8-20-15-4-2-1-3-13(14)15/h1-4,7-9,11,20,25H,5-6,10H2. The minimum atomic E-state index is -0.444. The van der Waals surface area contributed by atoms with E-state index in [0.29, 0.717) is 17.6 Å². The van der Waals surface area contributed by atoms with Crippen molar-refractivity contribution in [1.82, 2.24) is 19.7 Å². The number of para-hydroxylation sites is 1. The van der Waals surface area contributed by atoms with Gasteiger partial charge in [-0.1, -0.05) is 30.0 Å². The highest BCUT2D eigenvalue weighted by molar-refractivity contribution is 7.98. The Morgan fingerprint density at radius 1 is 1.30 bits per heavy atom. The summed E-state index contributed by atoms with van der Waals surface area (Å²) < 4.78 is 7.46. The second-order valence-electron chi connectivity index (χ2n) is 6.54. The average molecular weight is 380 g/mol. The molecule has 0 aliphatic heterocycles. The molecule has 0 atom stereocenters. The molecule has 0 unspecified atom stereocenters. The molecule has 3 aromatic heterocycles. The number of nitrogens with one attached hydrogen (secondary N) is 1. The average Bonchev–Trinajstić information content (AvgIpc) is 3.29. The van der Waals surface area contributed by atoms with Crippen LogP contribution >= 0.6 is 11.8 Å². The Labute approximate surface area is 158 Å². The van der Waals surface area contributed by atoms with E-state index in [4.69, 9.17) is 4.42 Å². The summed E-state index contributed by atoms with van der Waals surface area (Å²) in [5.74, 6) is 1.40. The van der Waals surface area contributed by atoms with E-state index in [1.165, 1.54) is 17.8 Å². The lowest BCUT2D eigenvalue weighted by atomic mass is 10.1. The summed E-state index contributed by atoms with van der Waals surface area (Å²) in [5.41, 5.74) is 1.66. The molecular weight excluding hydrogens is 364 g/mol. The van der Waals surface area contributed by atoms with Gasteiger partial charge in [0.05, 0.1) is 5.75 Å². The topological polar surface area (TPSA) is 96.9 Å². The Bertz CT molecular complexity index is 1190. The Morgan fingerprint density at radius 3 is 2.96 bits per heavy atom. The van der Waals surface area contributed by atoms with Crippen molar-refractivity contribution in [2.45, 2.75) is 29.8 Å². The lowest BCUT2D eigenvalue weighted by Gasteiger charge is -2.08. The van der Waals surface area contributed by atoms with Gasteiger partial charge in [-0.3, -0.25) is 9.36 Å². The lowest BCUT2D eigenvalue weighted by Crippen LogP contribution is -2.01. The molecule has 27 heavy (non-hydrogen) atoms. The first-order chi connectivity index (χ1) is 13.2. The van der Waals surface area contributed by atoms with Crippen molar-refractivity contribution in [2.75, 3.05) is 0 Å². The smallest absolute Gasteiger partial charge is 0.226 e. The molecule has 3 heterocycles. The largest absolute Gasteiger partial charge is 0.502 e. The molecule has 136 valence electrons. The van der Waals surface area contributed by atoms with Crippen molar-refractivity contribution in [1.29, 1.82) is 0 Å². The van der Waals surface area contributed by atoms with Crippen molar-refractivity contribution in [3.63, 3.8) is 0 Å². The van der Waals surface area contributed by atoms with Crippen LogP contribution in [0, 0.1) is 0 Å². The van der Waals surface area contributed by atoms with Crippen LogP contribution in [0.2, 0.25) is 0 Å². The van der Waals surface area contributed by atoms with Gasteiger partial charge in [-0.25, -0.2) is 0 Å². The molecule has 8 heteroatoms. The van der Waals surface area contributed by atoms with Crippen molar-refractivity contribution in [3.05, 3.63) is 58.8 Å². The zero-order chi connectivity index (χ0) is 18.4. The molecule has 1 aliphatic rings. The Morgan fingerprint density at radius 2 is 2.15 bits per heavy atom. The van der Waals surface area contributed by atoms with Gasteiger partial charge in [-0.05, 0) is 18.9 Å². The normalized spacial score (nSPS) is 14.1. The SMILES string of the molecule is O=c1cc(CSc2nnc(-c3c[nH]c4ccccc34)n2C2CC2)occ1O. The fourth-order valence-corrected chi connectivity index (χ4v) is 4.03. The third kappa shape index (κ3) is 2.91. The van der Waals surface area contributed by atoms with E-state index in [-0.39, 0.29) is 5.75 Å². The predicted octanol–water partition coefficient (Wildman–Crippen LogP) is 3.71. The molecular formula is C19H16N4O3S. The number of aromatic hydroxyl groups is 1. The second-order valence-corrected chi connectivity index (χ2v) is 7.48. The molecule has 0 amide bonds. The van der Waals surface area contributed by atoms with Gasteiger partial charge < -0.3 is 14.5 Å². The molecule has 1 saturated carbocycles. The second kappa shape index (κ2) is 6.31. The van der Waals surface area contributed by atoms with E-state index in [9.17, 15) is 9.90 Å². The molecule has 0 radical (unpaired) electrons. The van der Waals surface area contributed by atoms with Crippen LogP contribution in [0.3, 0.4) is 0 Å². The summed E-state index contributed by atoms with van der Waals surface area (Å²) >= 11 is 1.47. The minimum absolute atomic E-state index is 0.383. The van der Waals surface area contributed by atoms with Gasteiger partial charge in [0, 0.05) is 34.8 Å². The fourth-order valence-electron chi connectivity index (χ4n) is 3.13. The zero-order valence-electron chi connectivity index (χ0n) is 14.3. The molecule has 2 N–H and O–H groups in total. The van der Waals surface area contributed by atoms with Gasteiger partial charge in [-0.15, -0.1) is 10.2 Å². The van der Waals surface area contributed by atoms with Crippen LogP contribution in [0.15, 0.2) is 57.2 Å². The molecule has 0 spiro atoms. The van der Waals surface area contributed by atoms with E-state index in [2.05, 4.69) is 25.8 Å². The minimum Gasteiger partial charge on any atom is -0.502 e. The maximum absolute atomic E-state index is 11.6. The highest BCUT2D eigenvalue weighted by Crippen LogP contribution is 2.42. The van der Waals surface area contributed by atoms with Crippen LogP contribution < -0.4 is 5.43 Å². The van der Waals surface area contributed by atoms with E-state index >= 15 is 0 Å². The van der Waals surface area contributed by atoms with Crippen LogP contribution in [-0.2, 0) is 5.75 Å². The summed E-state index contributed by atoms with van der Waals surface area (Å²) in [4.78, 5) is 14.9. The van der Waals surface area contributed by atoms with Crippen LogP contribution in [0.4, 0.5) is 0 Å².